The topological polar surface area (TPSA) is 120 Å². The molecule has 3 rings (SSSR count). The molecular weight excluding hydrogens is 605 g/mol. The maximum absolute atomic E-state index is 14.2. The number of aliphatic hydroxyl groups is 1. The highest BCUT2D eigenvalue weighted by molar-refractivity contribution is 5.99. The van der Waals surface area contributed by atoms with Gasteiger partial charge in [0.15, 0.2) is 0 Å². The number of carbonyl (C=O) groups excluding carboxylic acids is 3. The van der Waals surface area contributed by atoms with E-state index in [-0.39, 0.29) is 49.4 Å². The van der Waals surface area contributed by atoms with Crippen molar-refractivity contribution in [1.29, 1.82) is 0 Å². The van der Waals surface area contributed by atoms with E-state index in [9.17, 15) is 32.7 Å². The first-order chi connectivity index (χ1) is 21.8. The first kappa shape index (κ1) is 37.4. The number of hydrogen-bond acceptors (Lipinski definition) is 6. The molecule has 1 saturated carbocycles. The largest absolute Gasteiger partial charge is 0.490 e. The van der Waals surface area contributed by atoms with Crippen LogP contribution in [0.25, 0.3) is 0 Å². The van der Waals surface area contributed by atoms with Gasteiger partial charge < -0.3 is 35.0 Å². The summed E-state index contributed by atoms with van der Waals surface area (Å²) in [5.74, 6) is -1.06. The lowest BCUT2D eigenvalue weighted by Gasteiger charge is -2.36. The zero-order valence-corrected chi connectivity index (χ0v) is 27.5. The average Bonchev–Trinajstić information content (AvgIpc) is 3.01. The van der Waals surface area contributed by atoms with Gasteiger partial charge in [0.25, 0.3) is 5.91 Å². The Bertz CT molecular complexity index is 1150. The fourth-order valence-electron chi connectivity index (χ4n) is 5.87. The number of ether oxygens (including phenoxy) is 2. The van der Waals surface area contributed by atoms with Crippen molar-refractivity contribution in [3.63, 3.8) is 0 Å². The number of amides is 4. The minimum Gasteiger partial charge on any atom is -0.490 e. The third kappa shape index (κ3) is 11.9. The van der Waals surface area contributed by atoms with E-state index in [0.717, 1.165) is 38.5 Å². The molecule has 3 N–H and O–H groups in total. The van der Waals surface area contributed by atoms with Gasteiger partial charge in [-0.05, 0) is 64.2 Å². The summed E-state index contributed by atoms with van der Waals surface area (Å²) in [6, 6.07) is 4.10. The molecule has 4 amide bonds. The minimum atomic E-state index is -4.43. The van der Waals surface area contributed by atoms with Crippen LogP contribution in [0.1, 0.15) is 95.3 Å². The number of nitrogens with zero attached hydrogens (tertiary/aromatic N) is 2. The normalized spacial score (nSPS) is 23.0. The van der Waals surface area contributed by atoms with Crippen LogP contribution >= 0.6 is 0 Å². The fraction of sp³-hybridized carbons (Fsp3) is 0.727. The third-order valence-corrected chi connectivity index (χ3v) is 8.75. The van der Waals surface area contributed by atoms with Crippen LogP contribution in [0.5, 0.6) is 5.75 Å². The van der Waals surface area contributed by atoms with Crippen molar-refractivity contribution in [2.75, 3.05) is 38.7 Å². The van der Waals surface area contributed by atoms with Gasteiger partial charge in [0.2, 0.25) is 5.91 Å². The number of anilines is 1. The maximum Gasteiger partial charge on any atom is 0.389 e. The van der Waals surface area contributed by atoms with Crippen LogP contribution in [0, 0.1) is 5.92 Å². The molecular formula is C33H51F3N4O6. The van der Waals surface area contributed by atoms with Crippen molar-refractivity contribution in [3.05, 3.63) is 23.8 Å². The summed E-state index contributed by atoms with van der Waals surface area (Å²) in [6.07, 6.45) is 0.193. The van der Waals surface area contributed by atoms with Crippen LogP contribution in [0.4, 0.5) is 23.7 Å². The van der Waals surface area contributed by atoms with Crippen LogP contribution in [0.3, 0.4) is 0 Å². The van der Waals surface area contributed by atoms with Gasteiger partial charge in [-0.3, -0.25) is 9.59 Å². The van der Waals surface area contributed by atoms with Crippen LogP contribution in [0.2, 0.25) is 0 Å². The lowest BCUT2D eigenvalue weighted by molar-refractivity contribution is -0.149. The summed E-state index contributed by atoms with van der Waals surface area (Å²) in [6.45, 7) is 5.68. The van der Waals surface area contributed by atoms with Crippen LogP contribution in [0.15, 0.2) is 18.2 Å². The molecule has 260 valence electrons. The number of urea groups is 1. The molecule has 1 aliphatic carbocycles. The summed E-state index contributed by atoms with van der Waals surface area (Å²) in [7, 11) is 1.45. The van der Waals surface area contributed by atoms with E-state index >= 15 is 0 Å². The maximum atomic E-state index is 14.2. The second kappa shape index (κ2) is 17.7. The Morgan fingerprint density at radius 1 is 1.11 bits per heavy atom. The molecule has 4 atom stereocenters. The number of hydrogen-bond donors (Lipinski definition) is 3. The minimum absolute atomic E-state index is 0.0493. The van der Waals surface area contributed by atoms with E-state index in [1.54, 1.807) is 25.1 Å². The summed E-state index contributed by atoms with van der Waals surface area (Å²) < 4.78 is 50.6. The van der Waals surface area contributed by atoms with Crippen molar-refractivity contribution in [2.24, 2.45) is 5.92 Å². The summed E-state index contributed by atoms with van der Waals surface area (Å²) in [4.78, 5) is 42.3. The molecule has 1 heterocycles. The van der Waals surface area contributed by atoms with Gasteiger partial charge in [0.05, 0.1) is 36.8 Å². The van der Waals surface area contributed by atoms with Gasteiger partial charge >= 0.3 is 12.2 Å². The average molecular weight is 657 g/mol. The van der Waals surface area contributed by atoms with Gasteiger partial charge in [-0.15, -0.1) is 0 Å². The SMILES string of the molecule is C[C@@H]1CCCCO[C@@H](CN(C)C(=O)CCC(F)(F)F)[C@H](C)CN([C@@H](C)CO)C(=O)c2cc(NC(=O)NC3CCCCC3)ccc2O1. The zero-order chi connectivity index (χ0) is 33.9. The molecule has 1 fully saturated rings. The van der Waals surface area contributed by atoms with Crippen molar-refractivity contribution in [2.45, 2.75) is 115 Å². The Morgan fingerprint density at radius 3 is 2.48 bits per heavy atom. The van der Waals surface area contributed by atoms with Crippen molar-refractivity contribution >= 4 is 23.5 Å². The Balaban J connectivity index is 1.86. The molecule has 13 heteroatoms. The van der Waals surface area contributed by atoms with Crippen LogP contribution < -0.4 is 15.4 Å². The molecule has 2 aliphatic rings. The molecule has 0 radical (unpaired) electrons. The molecule has 1 aromatic carbocycles. The predicted octanol–water partition coefficient (Wildman–Crippen LogP) is 5.74. The summed E-state index contributed by atoms with van der Waals surface area (Å²) in [5, 5.41) is 16.0. The lowest BCUT2D eigenvalue weighted by Crippen LogP contribution is -2.48. The molecule has 0 unspecified atom stereocenters. The highest BCUT2D eigenvalue weighted by Crippen LogP contribution is 2.29. The Kier molecular flexibility index (Phi) is 14.4. The monoisotopic (exact) mass is 656 g/mol. The van der Waals surface area contributed by atoms with E-state index in [4.69, 9.17) is 9.47 Å². The highest BCUT2D eigenvalue weighted by Gasteiger charge is 2.32. The number of fused-ring (bicyclic) bond motifs is 1. The molecule has 1 aromatic rings. The van der Waals surface area contributed by atoms with Crippen LogP contribution in [-0.4, -0.2) is 96.6 Å². The Morgan fingerprint density at radius 2 is 1.80 bits per heavy atom. The van der Waals surface area contributed by atoms with Crippen molar-refractivity contribution < 1.29 is 42.1 Å². The summed E-state index contributed by atoms with van der Waals surface area (Å²) >= 11 is 0. The van der Waals surface area contributed by atoms with Crippen LogP contribution in [-0.2, 0) is 9.53 Å². The second-order valence-corrected chi connectivity index (χ2v) is 12.8. The molecule has 1 aliphatic heterocycles. The van der Waals surface area contributed by atoms with Gasteiger partial charge in [0, 0.05) is 50.8 Å². The first-order valence-electron chi connectivity index (χ1n) is 16.5. The van der Waals surface area contributed by atoms with E-state index in [1.807, 2.05) is 13.8 Å². The molecule has 0 spiro atoms. The van der Waals surface area contributed by atoms with E-state index in [0.29, 0.717) is 30.9 Å². The molecule has 10 nitrogen and oxygen atoms in total. The third-order valence-electron chi connectivity index (χ3n) is 8.75. The number of carbonyl (C=O) groups is 3. The van der Waals surface area contributed by atoms with E-state index in [2.05, 4.69) is 10.6 Å². The quantitative estimate of drug-likeness (QED) is 0.329. The van der Waals surface area contributed by atoms with E-state index < -0.39 is 43.0 Å². The lowest BCUT2D eigenvalue weighted by atomic mass is 9.96. The molecule has 46 heavy (non-hydrogen) atoms. The van der Waals surface area contributed by atoms with Crippen molar-refractivity contribution in [1.82, 2.24) is 15.1 Å². The van der Waals surface area contributed by atoms with Gasteiger partial charge in [-0.2, -0.15) is 13.2 Å². The second-order valence-electron chi connectivity index (χ2n) is 12.8. The van der Waals surface area contributed by atoms with Crippen molar-refractivity contribution in [3.8, 4) is 5.75 Å². The van der Waals surface area contributed by atoms with Gasteiger partial charge in [0.1, 0.15) is 5.75 Å². The van der Waals surface area contributed by atoms with Gasteiger partial charge in [-0.25, -0.2) is 4.79 Å². The Labute approximate surface area is 270 Å². The Hall–Kier alpha value is -3.06. The standard InChI is InChI=1S/C33H51F3N4O6/c1-22-19-40(23(2)21-41)31(43)27-18-26(38-32(44)37-25-11-6-5-7-12-25)13-14-28(27)46-24(3)10-8-9-17-45-29(22)20-39(4)30(42)15-16-33(34,35)36/h13-14,18,22-25,29,41H,5-12,15-17,19-21H2,1-4H3,(H2,37,38,44)/t22-,23+,24-,29+/m1/s1. The molecule has 0 saturated heterocycles. The predicted molar refractivity (Wildman–Crippen MR) is 169 cm³/mol. The highest BCUT2D eigenvalue weighted by atomic mass is 19.4. The van der Waals surface area contributed by atoms with E-state index in [1.165, 1.54) is 16.8 Å². The number of nitrogens with one attached hydrogen (secondary N) is 2. The smallest absolute Gasteiger partial charge is 0.389 e. The number of benzene rings is 1. The molecule has 0 bridgehead atoms. The zero-order valence-electron chi connectivity index (χ0n) is 27.5. The fourth-order valence-corrected chi connectivity index (χ4v) is 5.87. The summed E-state index contributed by atoms with van der Waals surface area (Å²) in [5.41, 5.74) is 0.645. The number of alkyl halides is 3. The first-order valence-corrected chi connectivity index (χ1v) is 16.5. The number of likely N-dealkylation sites (N-methyl/N-ethyl adjacent to an activating group) is 1. The number of aliphatic hydroxyl groups excluding tert-OH is 1. The number of rotatable bonds is 8. The molecule has 0 aromatic heterocycles. The van der Waals surface area contributed by atoms with Gasteiger partial charge in [-0.1, -0.05) is 26.2 Å². The number of halogens is 3.